The third kappa shape index (κ3) is 7.32. The molecular weight excluding hydrogens is 751 g/mol. The van der Waals surface area contributed by atoms with Crippen LogP contribution in [0, 0.1) is 17.3 Å². The molecule has 2 aliphatic carbocycles. The summed E-state index contributed by atoms with van der Waals surface area (Å²) in [6, 6.07) is 14.1. The Bertz CT molecular complexity index is 2300. The Morgan fingerprint density at radius 2 is 1.81 bits per heavy atom. The summed E-state index contributed by atoms with van der Waals surface area (Å²) in [5.41, 5.74) is 4.28. The Kier molecular flexibility index (Phi) is 9.96. The second-order valence-electron chi connectivity index (χ2n) is 17.8. The molecule has 4 N–H and O–H groups in total. The molecule has 12 nitrogen and oxygen atoms in total. The van der Waals surface area contributed by atoms with Gasteiger partial charge in [-0.25, -0.2) is 4.98 Å². The van der Waals surface area contributed by atoms with Gasteiger partial charge >= 0.3 is 0 Å². The Morgan fingerprint density at radius 1 is 1.02 bits per heavy atom. The average molecular weight is 802 g/mol. The van der Waals surface area contributed by atoms with E-state index in [-0.39, 0.29) is 24.1 Å². The van der Waals surface area contributed by atoms with Crippen LogP contribution < -0.4 is 16.0 Å². The number of imide groups is 1. The molecule has 2 aromatic carbocycles. The summed E-state index contributed by atoms with van der Waals surface area (Å²) >= 11 is 1.70. The number of thiazole rings is 1. The fourth-order valence-corrected chi connectivity index (χ4v) is 11.4. The molecule has 4 amide bonds. The van der Waals surface area contributed by atoms with Crippen LogP contribution in [-0.4, -0.2) is 80.7 Å². The highest BCUT2D eigenvalue weighted by atomic mass is 32.1. The first-order valence-electron chi connectivity index (χ1n) is 20.7. The molecular formula is C45H51N7O5S. The van der Waals surface area contributed by atoms with Crippen molar-refractivity contribution in [3.05, 3.63) is 88.7 Å². The molecule has 1 spiro atoms. The van der Waals surface area contributed by atoms with Crippen LogP contribution in [0.1, 0.15) is 115 Å². The van der Waals surface area contributed by atoms with Crippen LogP contribution in [0.15, 0.2) is 61.3 Å². The molecule has 4 aromatic rings. The zero-order chi connectivity index (χ0) is 40.3. The minimum absolute atomic E-state index is 0.206. The highest BCUT2D eigenvalue weighted by molar-refractivity contribution is 7.18. The summed E-state index contributed by atoms with van der Waals surface area (Å²) in [5.74, 6) is 0.506. The molecule has 3 aliphatic heterocycles. The van der Waals surface area contributed by atoms with Gasteiger partial charge in [0.25, 0.3) is 11.8 Å². The van der Waals surface area contributed by atoms with Crippen LogP contribution in [0.5, 0.6) is 0 Å². The van der Waals surface area contributed by atoms with E-state index in [1.165, 1.54) is 50.2 Å². The van der Waals surface area contributed by atoms with Gasteiger partial charge in [0.1, 0.15) is 11.7 Å². The number of aromatic nitrogens is 2. The molecule has 4 fully saturated rings. The van der Waals surface area contributed by atoms with Crippen molar-refractivity contribution in [2.75, 3.05) is 36.8 Å². The number of hydrogen-bond donors (Lipinski definition) is 4. The Hall–Kier alpha value is -4.98. The van der Waals surface area contributed by atoms with Gasteiger partial charge in [0, 0.05) is 72.9 Å². The van der Waals surface area contributed by atoms with Crippen LogP contribution in [0.3, 0.4) is 0 Å². The van der Waals surface area contributed by atoms with E-state index in [2.05, 4.69) is 32.4 Å². The molecule has 5 heterocycles. The number of fused-ring (bicyclic) bond motifs is 2. The number of rotatable bonds is 11. The van der Waals surface area contributed by atoms with Gasteiger partial charge in [0.2, 0.25) is 11.8 Å². The summed E-state index contributed by atoms with van der Waals surface area (Å²) in [5, 5.41) is 21.0. The molecule has 302 valence electrons. The minimum atomic E-state index is -1.16. The monoisotopic (exact) mass is 801 g/mol. The first-order valence-corrected chi connectivity index (χ1v) is 21.5. The van der Waals surface area contributed by atoms with Crippen molar-refractivity contribution in [1.82, 2.24) is 25.1 Å². The number of aliphatic hydroxyl groups is 1. The predicted molar refractivity (Wildman–Crippen MR) is 224 cm³/mol. The molecule has 58 heavy (non-hydrogen) atoms. The van der Waals surface area contributed by atoms with Crippen molar-refractivity contribution in [1.29, 1.82) is 0 Å². The molecule has 5 aliphatic rings. The van der Waals surface area contributed by atoms with Gasteiger partial charge in [-0.05, 0) is 113 Å². The standard InChI is InChI=1S/C45H51N7O5S/c1-26-30-7-6-9-32(39(30)43(56)52(26)36-14-15-38(53)50-41(36)55)47-18-16-28-21-45(22-28)24-51(25-45)23-27-10-12-29(13-11-27)42-49-35-19-31(44(2,3)57)34(20-37(35)58-42)48-40(54)33-8-4-5-17-46-33/h4-9,17,19-20,27-29,36,47,57H,1,10-16,18,21-25H2,2-3H3,(H,48,54)(H,50,53,55)/t27-,29-,36?. The number of nitrogens with zero attached hydrogens (tertiary/aromatic N) is 4. The van der Waals surface area contributed by atoms with E-state index in [1.807, 2.05) is 30.3 Å². The number of benzene rings is 2. The van der Waals surface area contributed by atoms with Crippen molar-refractivity contribution in [2.24, 2.45) is 17.3 Å². The highest BCUT2D eigenvalue weighted by Crippen LogP contribution is 2.53. The topological polar surface area (TPSA) is 157 Å². The van der Waals surface area contributed by atoms with E-state index < -0.39 is 17.6 Å². The first kappa shape index (κ1) is 38.5. The van der Waals surface area contributed by atoms with Gasteiger partial charge in [-0.1, -0.05) is 24.8 Å². The maximum absolute atomic E-state index is 13.6. The quantitative estimate of drug-likeness (QED) is 0.119. The third-order valence-corrected chi connectivity index (χ3v) is 14.3. The zero-order valence-electron chi connectivity index (χ0n) is 33.2. The number of amides is 4. The van der Waals surface area contributed by atoms with Crippen LogP contribution in [0.2, 0.25) is 0 Å². The predicted octanol–water partition coefficient (Wildman–Crippen LogP) is 6.89. The smallest absolute Gasteiger partial charge is 0.274 e. The number of anilines is 2. The van der Waals surface area contributed by atoms with Gasteiger partial charge in [0.05, 0.1) is 26.4 Å². The summed E-state index contributed by atoms with van der Waals surface area (Å²) in [4.78, 5) is 64.2. The van der Waals surface area contributed by atoms with Crippen molar-refractivity contribution in [3.63, 3.8) is 0 Å². The van der Waals surface area contributed by atoms with Crippen LogP contribution in [0.4, 0.5) is 11.4 Å². The van der Waals surface area contributed by atoms with Crippen molar-refractivity contribution < 1.29 is 24.3 Å². The van der Waals surface area contributed by atoms with Gasteiger partial charge < -0.3 is 20.6 Å². The Morgan fingerprint density at radius 3 is 2.53 bits per heavy atom. The lowest BCUT2D eigenvalue weighted by Crippen LogP contribution is -2.63. The molecule has 13 heteroatoms. The van der Waals surface area contributed by atoms with Gasteiger partial charge in [0.15, 0.2) is 0 Å². The molecule has 1 unspecified atom stereocenters. The molecule has 1 atom stereocenters. The van der Waals surface area contributed by atoms with Crippen LogP contribution in [0.25, 0.3) is 15.9 Å². The summed E-state index contributed by atoms with van der Waals surface area (Å²) < 4.78 is 1.00. The molecule has 0 radical (unpaired) electrons. The van der Waals surface area contributed by atoms with Gasteiger partial charge in [-0.3, -0.25) is 34.4 Å². The van der Waals surface area contributed by atoms with E-state index >= 15 is 0 Å². The molecule has 0 bridgehead atoms. The summed E-state index contributed by atoms with van der Waals surface area (Å²) in [6.07, 6.45) is 10.3. The largest absolute Gasteiger partial charge is 0.386 e. The van der Waals surface area contributed by atoms with Crippen molar-refractivity contribution in [3.8, 4) is 0 Å². The van der Waals surface area contributed by atoms with Crippen molar-refractivity contribution >= 4 is 62.3 Å². The zero-order valence-corrected chi connectivity index (χ0v) is 34.0. The fraction of sp³-hybridized carbons (Fsp3) is 0.467. The normalized spacial score (nSPS) is 23.4. The lowest BCUT2D eigenvalue weighted by molar-refractivity contribution is -0.136. The SMILES string of the molecule is C=C1c2cccc(NCCC3CC4(C3)CN(C[C@H]3CC[C@H](c5nc6cc(C(C)(C)O)c(NC(=O)c7ccccn7)cc6s5)CC3)C4)c2C(=O)N1C1CCC(=O)NC1=O. The van der Waals surface area contributed by atoms with E-state index in [0.717, 1.165) is 52.3 Å². The lowest BCUT2D eigenvalue weighted by Gasteiger charge is -2.60. The number of piperidine rings is 1. The van der Waals surface area contributed by atoms with E-state index in [1.54, 1.807) is 49.6 Å². The number of carbonyl (C=O) groups excluding carboxylic acids is 4. The van der Waals surface area contributed by atoms with Crippen molar-refractivity contribution in [2.45, 2.75) is 89.2 Å². The molecule has 2 saturated heterocycles. The fourth-order valence-electron chi connectivity index (χ4n) is 10.3. The number of hydrogen-bond acceptors (Lipinski definition) is 10. The van der Waals surface area contributed by atoms with Gasteiger partial charge in [-0.15, -0.1) is 11.3 Å². The van der Waals surface area contributed by atoms with Gasteiger partial charge in [-0.2, -0.15) is 0 Å². The Labute approximate surface area is 342 Å². The first-order chi connectivity index (χ1) is 27.8. The summed E-state index contributed by atoms with van der Waals surface area (Å²) in [6.45, 7) is 11.9. The molecule has 9 rings (SSSR count). The maximum Gasteiger partial charge on any atom is 0.274 e. The second-order valence-corrected chi connectivity index (χ2v) is 18.9. The lowest BCUT2D eigenvalue weighted by atomic mass is 9.57. The number of pyridine rings is 1. The maximum atomic E-state index is 13.6. The molecule has 2 aromatic heterocycles. The second kappa shape index (κ2) is 15.0. The number of nitrogens with one attached hydrogen (secondary N) is 3. The molecule has 2 saturated carbocycles. The number of carbonyl (C=O) groups is 4. The van der Waals surface area contributed by atoms with Crippen LogP contribution >= 0.6 is 11.3 Å². The number of likely N-dealkylation sites (tertiary alicyclic amines) is 1. The van der Waals surface area contributed by atoms with E-state index in [4.69, 9.17) is 4.98 Å². The third-order valence-electron chi connectivity index (χ3n) is 13.1. The average Bonchev–Trinajstić information content (AvgIpc) is 3.70. The summed E-state index contributed by atoms with van der Waals surface area (Å²) in [7, 11) is 0. The van der Waals surface area contributed by atoms with Crippen LogP contribution in [-0.2, 0) is 15.2 Å². The minimum Gasteiger partial charge on any atom is -0.386 e. The van der Waals surface area contributed by atoms with E-state index in [0.29, 0.717) is 57.8 Å². The highest BCUT2D eigenvalue weighted by Gasteiger charge is 2.52. The van der Waals surface area contributed by atoms with E-state index in [9.17, 15) is 24.3 Å². The Balaban J connectivity index is 0.728.